The first kappa shape index (κ1) is 12.7. The Labute approximate surface area is 117 Å². The number of hydrogen-bond acceptors (Lipinski definition) is 4. The number of hydrogen-bond donors (Lipinski definition) is 2. The summed E-state index contributed by atoms with van der Waals surface area (Å²) in [6.45, 7) is 2.63. The van der Waals surface area contributed by atoms with E-state index in [1.807, 2.05) is 31.2 Å². The molecule has 2 N–H and O–H groups in total. The van der Waals surface area contributed by atoms with Crippen LogP contribution in [0.2, 0.25) is 0 Å². The number of nitrogens with zero attached hydrogens (tertiary/aromatic N) is 1. The van der Waals surface area contributed by atoms with Crippen LogP contribution in [0.15, 0.2) is 35.1 Å². The molecule has 0 bridgehead atoms. The average molecular weight is 271 g/mol. The van der Waals surface area contributed by atoms with Crippen LogP contribution in [0.4, 0.5) is 5.82 Å². The smallest absolute Gasteiger partial charge is 0.252 e. The lowest BCUT2D eigenvalue weighted by atomic mass is 10.0. The summed E-state index contributed by atoms with van der Waals surface area (Å²) in [5, 5.41) is 3.34. The van der Waals surface area contributed by atoms with Gasteiger partial charge in [0, 0.05) is 24.5 Å². The molecule has 104 valence electrons. The van der Waals surface area contributed by atoms with Crippen molar-refractivity contribution in [3.8, 4) is 5.75 Å². The normalized spacial score (nSPS) is 17.1. The van der Waals surface area contributed by atoms with Crippen molar-refractivity contribution >= 4 is 5.82 Å². The van der Waals surface area contributed by atoms with Crippen LogP contribution in [-0.2, 0) is 6.42 Å². The predicted molar refractivity (Wildman–Crippen MR) is 77.2 cm³/mol. The van der Waals surface area contributed by atoms with Gasteiger partial charge in [-0.05, 0) is 6.07 Å². The molecule has 0 aliphatic carbocycles. The molecule has 5 heteroatoms. The quantitative estimate of drug-likeness (QED) is 0.898. The van der Waals surface area contributed by atoms with E-state index in [0.29, 0.717) is 24.7 Å². The first-order chi connectivity index (χ1) is 9.76. The Morgan fingerprint density at radius 1 is 1.45 bits per heavy atom. The highest BCUT2D eigenvalue weighted by molar-refractivity contribution is 5.44. The summed E-state index contributed by atoms with van der Waals surface area (Å²) >= 11 is 0. The highest BCUT2D eigenvalue weighted by Gasteiger charge is 2.21. The van der Waals surface area contributed by atoms with Crippen molar-refractivity contribution in [1.29, 1.82) is 0 Å². The van der Waals surface area contributed by atoms with Gasteiger partial charge in [-0.3, -0.25) is 4.79 Å². The molecule has 1 aliphatic heterocycles. The van der Waals surface area contributed by atoms with Gasteiger partial charge in [0.15, 0.2) is 0 Å². The fourth-order valence-electron chi connectivity index (χ4n) is 2.42. The first-order valence-corrected chi connectivity index (χ1v) is 6.85. The highest BCUT2D eigenvalue weighted by atomic mass is 16.5. The van der Waals surface area contributed by atoms with Gasteiger partial charge in [-0.1, -0.05) is 25.1 Å². The lowest BCUT2D eigenvalue weighted by Crippen LogP contribution is -2.22. The Morgan fingerprint density at radius 3 is 3.15 bits per heavy atom. The van der Waals surface area contributed by atoms with E-state index in [0.717, 1.165) is 17.7 Å². The maximum absolute atomic E-state index is 11.6. The number of aromatic amines is 1. The van der Waals surface area contributed by atoms with Crippen LogP contribution in [0.3, 0.4) is 0 Å². The van der Waals surface area contributed by atoms with Crippen molar-refractivity contribution in [1.82, 2.24) is 9.97 Å². The van der Waals surface area contributed by atoms with Crippen LogP contribution in [0, 0.1) is 0 Å². The molecule has 1 atom stereocenters. The van der Waals surface area contributed by atoms with Gasteiger partial charge < -0.3 is 15.0 Å². The zero-order chi connectivity index (χ0) is 13.9. The van der Waals surface area contributed by atoms with Gasteiger partial charge in [-0.2, -0.15) is 0 Å². The van der Waals surface area contributed by atoms with Gasteiger partial charge in [0.25, 0.3) is 5.56 Å². The zero-order valence-corrected chi connectivity index (χ0v) is 11.3. The van der Waals surface area contributed by atoms with Crippen molar-refractivity contribution in [2.45, 2.75) is 25.8 Å². The van der Waals surface area contributed by atoms with Crippen LogP contribution in [0.25, 0.3) is 0 Å². The van der Waals surface area contributed by atoms with Crippen LogP contribution >= 0.6 is 0 Å². The van der Waals surface area contributed by atoms with Crippen LogP contribution in [0.1, 0.15) is 30.8 Å². The molecule has 1 aliphatic rings. The summed E-state index contributed by atoms with van der Waals surface area (Å²) in [5.41, 5.74) is 0.985. The number of anilines is 1. The number of benzene rings is 1. The summed E-state index contributed by atoms with van der Waals surface area (Å²) in [6.07, 6.45) is 1.56. The third-order valence-electron chi connectivity index (χ3n) is 3.41. The van der Waals surface area contributed by atoms with Crippen molar-refractivity contribution in [3.05, 3.63) is 52.1 Å². The third kappa shape index (κ3) is 2.52. The topological polar surface area (TPSA) is 67.0 Å². The number of fused-ring (bicyclic) bond motifs is 1. The fourth-order valence-corrected chi connectivity index (χ4v) is 2.42. The van der Waals surface area contributed by atoms with Gasteiger partial charge >= 0.3 is 0 Å². The summed E-state index contributed by atoms with van der Waals surface area (Å²) in [6, 6.07) is 9.58. The Kier molecular flexibility index (Phi) is 3.41. The Balaban J connectivity index is 1.89. The number of aromatic nitrogens is 2. The molecule has 5 nitrogen and oxygen atoms in total. The lowest BCUT2D eigenvalue weighted by molar-refractivity contribution is 0.274. The van der Waals surface area contributed by atoms with Crippen LogP contribution in [-0.4, -0.2) is 16.6 Å². The summed E-state index contributed by atoms with van der Waals surface area (Å²) in [4.78, 5) is 18.7. The maximum Gasteiger partial charge on any atom is 0.252 e. The second kappa shape index (κ2) is 5.36. The minimum Gasteiger partial charge on any atom is -0.493 e. The SMILES string of the molecule is CCc1nc(NC2CCOc3ccccc32)cc(=O)[nH]1. The van der Waals surface area contributed by atoms with Gasteiger partial charge in [-0.15, -0.1) is 0 Å². The molecule has 0 radical (unpaired) electrons. The molecule has 0 spiro atoms. The molecular weight excluding hydrogens is 254 g/mol. The van der Waals surface area contributed by atoms with Gasteiger partial charge in [0.2, 0.25) is 0 Å². The fraction of sp³-hybridized carbons (Fsp3) is 0.333. The number of H-pyrrole nitrogens is 1. The molecule has 1 aromatic heterocycles. The van der Waals surface area contributed by atoms with Crippen molar-refractivity contribution in [3.63, 3.8) is 0 Å². The van der Waals surface area contributed by atoms with E-state index in [9.17, 15) is 4.79 Å². The van der Waals surface area contributed by atoms with Crippen molar-refractivity contribution in [2.75, 3.05) is 11.9 Å². The van der Waals surface area contributed by atoms with E-state index in [2.05, 4.69) is 15.3 Å². The second-order valence-electron chi connectivity index (χ2n) is 4.80. The summed E-state index contributed by atoms with van der Waals surface area (Å²) < 4.78 is 5.63. The van der Waals surface area contributed by atoms with E-state index in [-0.39, 0.29) is 11.6 Å². The van der Waals surface area contributed by atoms with Gasteiger partial charge in [0.1, 0.15) is 17.4 Å². The average Bonchev–Trinajstić information content (AvgIpc) is 2.47. The molecule has 2 aromatic rings. The Hall–Kier alpha value is -2.30. The predicted octanol–water partition coefficient (Wildman–Crippen LogP) is 2.27. The first-order valence-electron chi connectivity index (χ1n) is 6.85. The lowest BCUT2D eigenvalue weighted by Gasteiger charge is -2.27. The van der Waals surface area contributed by atoms with Crippen molar-refractivity contribution in [2.24, 2.45) is 0 Å². The van der Waals surface area contributed by atoms with E-state index >= 15 is 0 Å². The minimum absolute atomic E-state index is 0.124. The van der Waals surface area contributed by atoms with E-state index in [1.165, 1.54) is 6.07 Å². The monoisotopic (exact) mass is 271 g/mol. The van der Waals surface area contributed by atoms with Gasteiger partial charge in [0.05, 0.1) is 12.6 Å². The van der Waals surface area contributed by atoms with E-state index < -0.39 is 0 Å². The number of ether oxygens (including phenoxy) is 1. The number of para-hydroxylation sites is 1. The molecule has 1 unspecified atom stereocenters. The van der Waals surface area contributed by atoms with E-state index in [4.69, 9.17) is 4.74 Å². The minimum atomic E-state index is -0.125. The maximum atomic E-state index is 11.6. The zero-order valence-electron chi connectivity index (χ0n) is 11.3. The van der Waals surface area contributed by atoms with Gasteiger partial charge in [-0.25, -0.2) is 4.98 Å². The standard InChI is InChI=1S/C15H17N3O2/c1-2-13-17-14(9-15(19)18-13)16-11-7-8-20-12-6-4-3-5-10(11)12/h3-6,9,11H,2,7-8H2,1H3,(H2,16,17,18,19). The molecule has 0 amide bonds. The molecule has 3 rings (SSSR count). The van der Waals surface area contributed by atoms with Crippen LogP contribution in [0.5, 0.6) is 5.75 Å². The molecule has 1 aromatic carbocycles. The molecule has 20 heavy (non-hydrogen) atoms. The third-order valence-corrected chi connectivity index (χ3v) is 3.41. The van der Waals surface area contributed by atoms with Crippen molar-refractivity contribution < 1.29 is 4.74 Å². The molecule has 0 fully saturated rings. The Morgan fingerprint density at radius 2 is 2.30 bits per heavy atom. The summed E-state index contributed by atoms with van der Waals surface area (Å²) in [7, 11) is 0. The Bertz CT molecular complexity index is 666. The number of aryl methyl sites for hydroxylation is 1. The highest BCUT2D eigenvalue weighted by Crippen LogP contribution is 2.33. The number of nitrogens with one attached hydrogen (secondary N) is 2. The molecule has 2 heterocycles. The molecule has 0 saturated carbocycles. The van der Waals surface area contributed by atoms with Crippen LogP contribution < -0.4 is 15.6 Å². The number of rotatable bonds is 3. The van der Waals surface area contributed by atoms with E-state index in [1.54, 1.807) is 0 Å². The summed E-state index contributed by atoms with van der Waals surface area (Å²) in [5.74, 6) is 2.21. The second-order valence-corrected chi connectivity index (χ2v) is 4.80. The molecular formula is C15H17N3O2. The largest absolute Gasteiger partial charge is 0.493 e. The molecule has 0 saturated heterocycles.